The summed E-state index contributed by atoms with van der Waals surface area (Å²) >= 11 is 0. The zero-order chi connectivity index (χ0) is 13.6. The van der Waals surface area contributed by atoms with Crippen molar-refractivity contribution in [3.63, 3.8) is 0 Å². The molecule has 1 rings (SSSR count). The van der Waals surface area contributed by atoms with Gasteiger partial charge in [-0.3, -0.25) is 4.57 Å². The second kappa shape index (κ2) is 6.83. The van der Waals surface area contributed by atoms with Crippen LogP contribution in [-0.4, -0.2) is 9.79 Å². The fourth-order valence-corrected chi connectivity index (χ4v) is 2.63. The monoisotopic (exact) mass is 272 g/mol. The van der Waals surface area contributed by atoms with Crippen LogP contribution in [0, 0.1) is 5.82 Å². The molecule has 0 unspecified atom stereocenters. The van der Waals surface area contributed by atoms with E-state index in [1.807, 2.05) is 6.92 Å². The third kappa shape index (κ3) is 4.73. The Morgan fingerprint density at radius 1 is 1.39 bits per heavy atom. The van der Waals surface area contributed by atoms with Gasteiger partial charge in [-0.15, -0.1) is 0 Å². The van der Waals surface area contributed by atoms with E-state index in [9.17, 15) is 8.96 Å². The molecule has 0 aliphatic carbocycles. The predicted molar refractivity (Wildman–Crippen MR) is 69.8 cm³/mol. The van der Waals surface area contributed by atoms with Crippen molar-refractivity contribution in [1.29, 1.82) is 0 Å². The summed E-state index contributed by atoms with van der Waals surface area (Å²) in [6.45, 7) is 1.83. The van der Waals surface area contributed by atoms with E-state index in [4.69, 9.17) is 9.79 Å². The second-order valence-corrected chi connectivity index (χ2v) is 5.76. The standard InChI is InChI=1S/C13H18FO3P/c1-2-6-12(18(15,16)17)9-5-8-11-7-3-4-10-13(11)14/h3-4,6-7,10H,2,5,8-9H2,1H3,(H2,15,16,17). The minimum atomic E-state index is -4.16. The summed E-state index contributed by atoms with van der Waals surface area (Å²) in [6, 6.07) is 6.46. The molecule has 0 atom stereocenters. The number of hydrogen-bond donors (Lipinski definition) is 2. The molecular weight excluding hydrogens is 254 g/mol. The molecule has 18 heavy (non-hydrogen) atoms. The lowest BCUT2D eigenvalue weighted by molar-refractivity contribution is 0.380. The summed E-state index contributed by atoms with van der Waals surface area (Å²) in [6.07, 6.45) is 3.44. The first-order chi connectivity index (χ1) is 8.45. The van der Waals surface area contributed by atoms with Crippen LogP contribution in [0.25, 0.3) is 0 Å². The van der Waals surface area contributed by atoms with Crippen LogP contribution in [0.2, 0.25) is 0 Å². The molecule has 5 heteroatoms. The molecule has 0 fully saturated rings. The molecule has 0 spiro atoms. The maximum absolute atomic E-state index is 13.3. The van der Waals surface area contributed by atoms with Crippen LogP contribution in [0.4, 0.5) is 4.39 Å². The number of allylic oxidation sites excluding steroid dienone is 2. The number of rotatable bonds is 6. The largest absolute Gasteiger partial charge is 0.351 e. The number of benzene rings is 1. The third-order valence-electron chi connectivity index (χ3n) is 2.65. The fourth-order valence-electron chi connectivity index (χ4n) is 1.76. The highest BCUT2D eigenvalue weighted by Gasteiger charge is 2.19. The van der Waals surface area contributed by atoms with E-state index in [1.165, 1.54) is 6.07 Å². The van der Waals surface area contributed by atoms with Crippen LogP contribution in [-0.2, 0) is 11.0 Å². The molecule has 0 aromatic heterocycles. The molecule has 0 radical (unpaired) electrons. The summed E-state index contributed by atoms with van der Waals surface area (Å²) in [5.74, 6) is -0.269. The van der Waals surface area contributed by atoms with E-state index < -0.39 is 7.60 Å². The average molecular weight is 272 g/mol. The molecule has 0 aliphatic rings. The lowest BCUT2D eigenvalue weighted by Crippen LogP contribution is -1.93. The molecular formula is C13H18FO3P. The Labute approximate surface area is 107 Å². The lowest BCUT2D eigenvalue weighted by Gasteiger charge is -2.09. The lowest BCUT2D eigenvalue weighted by atomic mass is 10.1. The first-order valence-corrected chi connectivity index (χ1v) is 7.55. The summed E-state index contributed by atoms with van der Waals surface area (Å²) in [4.78, 5) is 18.3. The number of hydrogen-bond acceptors (Lipinski definition) is 1. The SMILES string of the molecule is CCC=C(CCCc1ccccc1F)P(=O)(O)O. The first kappa shape index (κ1) is 15.1. The van der Waals surface area contributed by atoms with Gasteiger partial charge < -0.3 is 9.79 Å². The van der Waals surface area contributed by atoms with Crippen LogP contribution >= 0.6 is 7.60 Å². The Bertz CT molecular complexity index is 465. The van der Waals surface area contributed by atoms with Crippen molar-refractivity contribution < 1.29 is 18.7 Å². The van der Waals surface area contributed by atoms with Crippen molar-refractivity contribution in [2.24, 2.45) is 0 Å². The first-order valence-electron chi connectivity index (χ1n) is 5.93. The van der Waals surface area contributed by atoms with Crippen LogP contribution in [0.3, 0.4) is 0 Å². The normalized spacial score (nSPS) is 12.8. The molecule has 0 bridgehead atoms. The summed E-state index contributed by atoms with van der Waals surface area (Å²) < 4.78 is 24.5. The zero-order valence-electron chi connectivity index (χ0n) is 10.3. The Kier molecular flexibility index (Phi) is 5.73. The molecule has 1 aromatic carbocycles. The fraction of sp³-hybridized carbons (Fsp3) is 0.385. The van der Waals surface area contributed by atoms with E-state index in [1.54, 1.807) is 24.3 Å². The van der Waals surface area contributed by atoms with Crippen molar-refractivity contribution in [2.45, 2.75) is 32.6 Å². The van der Waals surface area contributed by atoms with E-state index in [2.05, 4.69) is 0 Å². The molecule has 0 heterocycles. The van der Waals surface area contributed by atoms with E-state index in [0.717, 1.165) is 0 Å². The number of halogens is 1. The van der Waals surface area contributed by atoms with Gasteiger partial charge in [0.1, 0.15) is 5.82 Å². The zero-order valence-corrected chi connectivity index (χ0v) is 11.2. The van der Waals surface area contributed by atoms with Crippen molar-refractivity contribution in [3.8, 4) is 0 Å². The van der Waals surface area contributed by atoms with Gasteiger partial charge in [0.2, 0.25) is 0 Å². The van der Waals surface area contributed by atoms with Gasteiger partial charge in [-0.1, -0.05) is 31.2 Å². The minimum Gasteiger partial charge on any atom is -0.321 e. The molecule has 1 aromatic rings. The minimum absolute atomic E-state index is 0.154. The van der Waals surface area contributed by atoms with E-state index in [-0.39, 0.29) is 11.1 Å². The quantitative estimate of drug-likeness (QED) is 0.777. The van der Waals surface area contributed by atoms with Crippen molar-refractivity contribution in [2.75, 3.05) is 0 Å². The topological polar surface area (TPSA) is 57.5 Å². The number of aryl methyl sites for hydroxylation is 1. The Hall–Kier alpha value is -0.960. The highest BCUT2D eigenvalue weighted by molar-refractivity contribution is 7.56. The smallest absolute Gasteiger partial charge is 0.321 e. The third-order valence-corrected chi connectivity index (χ3v) is 3.81. The van der Waals surface area contributed by atoms with Gasteiger partial charge in [0.15, 0.2) is 0 Å². The van der Waals surface area contributed by atoms with Gasteiger partial charge in [0.05, 0.1) is 0 Å². The predicted octanol–water partition coefficient (Wildman–Crippen LogP) is 3.62. The Morgan fingerprint density at radius 2 is 2.06 bits per heavy atom. The van der Waals surface area contributed by atoms with Crippen molar-refractivity contribution >= 4 is 7.60 Å². The van der Waals surface area contributed by atoms with E-state index in [0.29, 0.717) is 31.2 Å². The molecule has 0 saturated heterocycles. The summed E-state index contributed by atoms with van der Waals surface area (Å²) in [5, 5.41) is 0.154. The average Bonchev–Trinajstić information content (AvgIpc) is 2.29. The molecule has 0 aliphatic heterocycles. The summed E-state index contributed by atoms with van der Waals surface area (Å²) in [5.41, 5.74) is 0.582. The highest BCUT2D eigenvalue weighted by atomic mass is 31.2. The molecule has 2 N–H and O–H groups in total. The Balaban J connectivity index is 2.58. The van der Waals surface area contributed by atoms with Crippen LogP contribution in [0.5, 0.6) is 0 Å². The molecule has 3 nitrogen and oxygen atoms in total. The molecule has 0 saturated carbocycles. The molecule has 100 valence electrons. The second-order valence-electron chi connectivity index (χ2n) is 4.09. The van der Waals surface area contributed by atoms with Crippen LogP contribution < -0.4 is 0 Å². The van der Waals surface area contributed by atoms with Gasteiger partial charge >= 0.3 is 7.60 Å². The summed E-state index contributed by atoms with van der Waals surface area (Å²) in [7, 11) is -4.16. The molecule has 0 amide bonds. The van der Waals surface area contributed by atoms with Crippen molar-refractivity contribution in [1.82, 2.24) is 0 Å². The van der Waals surface area contributed by atoms with Gasteiger partial charge in [-0.25, -0.2) is 4.39 Å². The highest BCUT2D eigenvalue weighted by Crippen LogP contribution is 2.47. The van der Waals surface area contributed by atoms with E-state index >= 15 is 0 Å². The van der Waals surface area contributed by atoms with Crippen molar-refractivity contribution in [3.05, 3.63) is 47.0 Å². The van der Waals surface area contributed by atoms with Gasteiger partial charge in [-0.05, 0) is 37.3 Å². The van der Waals surface area contributed by atoms with Crippen LogP contribution in [0.1, 0.15) is 31.7 Å². The van der Waals surface area contributed by atoms with Gasteiger partial charge in [0.25, 0.3) is 0 Å². The van der Waals surface area contributed by atoms with Gasteiger partial charge in [-0.2, -0.15) is 0 Å². The Morgan fingerprint density at radius 3 is 2.61 bits per heavy atom. The maximum atomic E-state index is 13.3. The van der Waals surface area contributed by atoms with Gasteiger partial charge in [0, 0.05) is 5.31 Å². The maximum Gasteiger partial charge on any atom is 0.351 e. The van der Waals surface area contributed by atoms with Crippen LogP contribution in [0.15, 0.2) is 35.7 Å².